The van der Waals surface area contributed by atoms with Crippen LogP contribution in [0.5, 0.6) is 0 Å². The van der Waals surface area contributed by atoms with Crippen LogP contribution >= 0.6 is 0 Å². The Morgan fingerprint density at radius 1 is 1.32 bits per heavy atom. The summed E-state index contributed by atoms with van der Waals surface area (Å²) in [6.45, 7) is 4.68. The molecule has 1 saturated heterocycles. The van der Waals surface area contributed by atoms with Gasteiger partial charge >= 0.3 is 0 Å². The summed E-state index contributed by atoms with van der Waals surface area (Å²) in [7, 11) is 1.69. The third-order valence-corrected chi connectivity index (χ3v) is 3.30. The quantitative estimate of drug-likeness (QED) is 0.608. The number of nitrogens with zero attached hydrogens (tertiary/aromatic N) is 2. The molecule has 2 rings (SSSR count). The van der Waals surface area contributed by atoms with Gasteiger partial charge < -0.3 is 20.7 Å². The summed E-state index contributed by atoms with van der Waals surface area (Å²) in [4.78, 5) is 8.39. The topological polar surface area (TPSA) is 71.1 Å². The molecule has 0 spiro atoms. The van der Waals surface area contributed by atoms with Crippen LogP contribution in [0.2, 0.25) is 0 Å². The van der Waals surface area contributed by atoms with Crippen LogP contribution in [0.3, 0.4) is 0 Å². The first-order chi connectivity index (χ1) is 9.38. The van der Waals surface area contributed by atoms with Gasteiger partial charge in [-0.3, -0.25) is 0 Å². The number of aromatic nitrogens is 2. The molecule has 6 nitrogen and oxygen atoms in total. The maximum absolute atomic E-state index is 4.99. The molecule has 0 aliphatic carbocycles. The van der Waals surface area contributed by atoms with Crippen LogP contribution in [-0.2, 0) is 4.74 Å². The van der Waals surface area contributed by atoms with Crippen molar-refractivity contribution in [1.29, 1.82) is 0 Å². The number of ether oxygens (including phenoxy) is 1. The van der Waals surface area contributed by atoms with Crippen molar-refractivity contribution in [3.8, 4) is 0 Å². The van der Waals surface area contributed by atoms with Crippen LogP contribution in [0, 0.1) is 5.92 Å². The Hall–Kier alpha value is -1.40. The second kappa shape index (κ2) is 7.91. The molecule has 0 radical (unpaired) electrons. The van der Waals surface area contributed by atoms with E-state index >= 15 is 0 Å². The molecule has 1 unspecified atom stereocenters. The zero-order valence-electron chi connectivity index (χ0n) is 11.5. The largest absolute Gasteiger partial charge is 0.383 e. The van der Waals surface area contributed by atoms with Gasteiger partial charge in [0.25, 0.3) is 0 Å². The molecule has 1 aliphatic heterocycles. The standard InChI is InChI=1S/C13H23N5O/c1-19-7-6-16-13-8-12(17-10-18-13)15-5-3-11-2-4-14-9-11/h8,10-11,14H,2-7,9H2,1H3,(H2,15,16,17,18). The van der Waals surface area contributed by atoms with Crippen LogP contribution in [0.15, 0.2) is 12.4 Å². The van der Waals surface area contributed by atoms with E-state index in [0.29, 0.717) is 6.61 Å². The Bertz CT molecular complexity index is 368. The van der Waals surface area contributed by atoms with E-state index in [4.69, 9.17) is 4.74 Å². The maximum Gasteiger partial charge on any atom is 0.131 e. The fraction of sp³-hybridized carbons (Fsp3) is 0.692. The number of methoxy groups -OCH3 is 1. The summed E-state index contributed by atoms with van der Waals surface area (Å²) in [5, 5.41) is 9.93. The molecule has 0 aromatic carbocycles. The summed E-state index contributed by atoms with van der Waals surface area (Å²) >= 11 is 0. The molecule has 106 valence electrons. The monoisotopic (exact) mass is 265 g/mol. The van der Waals surface area contributed by atoms with Gasteiger partial charge in [-0.2, -0.15) is 0 Å². The normalized spacial score (nSPS) is 18.5. The molecule has 2 heterocycles. The minimum Gasteiger partial charge on any atom is -0.383 e. The van der Waals surface area contributed by atoms with E-state index in [1.807, 2.05) is 6.07 Å². The first-order valence-corrected chi connectivity index (χ1v) is 6.88. The zero-order valence-corrected chi connectivity index (χ0v) is 11.5. The molecule has 1 aliphatic rings. The number of hydrogen-bond donors (Lipinski definition) is 3. The predicted octanol–water partition coefficient (Wildman–Crippen LogP) is 0.946. The fourth-order valence-corrected chi connectivity index (χ4v) is 2.20. The van der Waals surface area contributed by atoms with Crippen LogP contribution in [0.25, 0.3) is 0 Å². The lowest BCUT2D eigenvalue weighted by atomic mass is 10.1. The smallest absolute Gasteiger partial charge is 0.131 e. The second-order valence-electron chi connectivity index (χ2n) is 4.78. The molecule has 1 atom stereocenters. The zero-order chi connectivity index (χ0) is 13.3. The molecule has 1 aromatic heterocycles. The highest BCUT2D eigenvalue weighted by atomic mass is 16.5. The van der Waals surface area contributed by atoms with Gasteiger partial charge in [0.15, 0.2) is 0 Å². The fourth-order valence-electron chi connectivity index (χ4n) is 2.20. The van der Waals surface area contributed by atoms with Gasteiger partial charge in [0.1, 0.15) is 18.0 Å². The molecule has 1 aromatic rings. The molecular weight excluding hydrogens is 242 g/mol. The third kappa shape index (κ3) is 5.00. The maximum atomic E-state index is 4.99. The Morgan fingerprint density at radius 3 is 2.79 bits per heavy atom. The number of hydrogen-bond acceptors (Lipinski definition) is 6. The Morgan fingerprint density at radius 2 is 2.11 bits per heavy atom. The van der Waals surface area contributed by atoms with Gasteiger partial charge in [-0.05, 0) is 31.8 Å². The van der Waals surface area contributed by atoms with Gasteiger partial charge in [0.2, 0.25) is 0 Å². The van der Waals surface area contributed by atoms with E-state index in [9.17, 15) is 0 Å². The minimum absolute atomic E-state index is 0.668. The highest BCUT2D eigenvalue weighted by molar-refractivity contribution is 5.46. The Labute approximate surface area is 114 Å². The lowest BCUT2D eigenvalue weighted by molar-refractivity contribution is 0.210. The SMILES string of the molecule is COCCNc1cc(NCCC2CCNC2)ncn1. The summed E-state index contributed by atoms with van der Waals surface area (Å²) in [5.41, 5.74) is 0. The van der Waals surface area contributed by atoms with Gasteiger partial charge in [-0.25, -0.2) is 9.97 Å². The molecule has 0 bridgehead atoms. The van der Waals surface area contributed by atoms with Gasteiger partial charge in [0.05, 0.1) is 6.61 Å². The first kappa shape index (κ1) is 14.0. The Kier molecular flexibility index (Phi) is 5.84. The third-order valence-electron chi connectivity index (χ3n) is 3.30. The molecule has 3 N–H and O–H groups in total. The van der Waals surface area contributed by atoms with Crippen molar-refractivity contribution in [3.63, 3.8) is 0 Å². The van der Waals surface area contributed by atoms with E-state index in [1.54, 1.807) is 13.4 Å². The molecule has 19 heavy (non-hydrogen) atoms. The van der Waals surface area contributed by atoms with Crippen LogP contribution in [-0.4, -0.2) is 49.9 Å². The van der Waals surface area contributed by atoms with Crippen LogP contribution < -0.4 is 16.0 Å². The second-order valence-corrected chi connectivity index (χ2v) is 4.78. The van der Waals surface area contributed by atoms with E-state index in [0.717, 1.165) is 43.7 Å². The highest BCUT2D eigenvalue weighted by Gasteiger charge is 2.13. The lowest BCUT2D eigenvalue weighted by Gasteiger charge is -2.10. The van der Waals surface area contributed by atoms with Crippen molar-refractivity contribution in [3.05, 3.63) is 12.4 Å². The number of nitrogens with one attached hydrogen (secondary N) is 3. The molecule has 0 amide bonds. The summed E-state index contributed by atoms with van der Waals surface area (Å²) in [5.74, 6) is 2.51. The summed E-state index contributed by atoms with van der Waals surface area (Å²) in [6, 6.07) is 1.93. The van der Waals surface area contributed by atoms with Crippen LogP contribution in [0.1, 0.15) is 12.8 Å². The van der Waals surface area contributed by atoms with Gasteiger partial charge in [0, 0.05) is 26.3 Å². The van der Waals surface area contributed by atoms with E-state index in [-0.39, 0.29) is 0 Å². The minimum atomic E-state index is 0.668. The lowest BCUT2D eigenvalue weighted by Crippen LogP contribution is -2.13. The van der Waals surface area contributed by atoms with Crippen molar-refractivity contribution < 1.29 is 4.74 Å². The molecule has 0 saturated carbocycles. The highest BCUT2D eigenvalue weighted by Crippen LogP contribution is 2.13. The van der Waals surface area contributed by atoms with Gasteiger partial charge in [-0.1, -0.05) is 0 Å². The van der Waals surface area contributed by atoms with Crippen LogP contribution in [0.4, 0.5) is 11.6 Å². The Balaban J connectivity index is 1.71. The predicted molar refractivity (Wildman–Crippen MR) is 76.5 cm³/mol. The van der Waals surface area contributed by atoms with Crippen molar-refractivity contribution in [2.45, 2.75) is 12.8 Å². The number of anilines is 2. The average Bonchev–Trinajstić information content (AvgIpc) is 2.93. The first-order valence-electron chi connectivity index (χ1n) is 6.88. The van der Waals surface area contributed by atoms with Crippen molar-refractivity contribution in [1.82, 2.24) is 15.3 Å². The summed E-state index contributed by atoms with van der Waals surface area (Å²) in [6.07, 6.45) is 4.05. The van der Waals surface area contributed by atoms with E-state index < -0.39 is 0 Å². The van der Waals surface area contributed by atoms with Gasteiger partial charge in [-0.15, -0.1) is 0 Å². The van der Waals surface area contributed by atoms with E-state index in [1.165, 1.54) is 12.8 Å². The number of rotatable bonds is 8. The molecule has 1 fully saturated rings. The molecular formula is C13H23N5O. The summed E-state index contributed by atoms with van der Waals surface area (Å²) < 4.78 is 4.99. The van der Waals surface area contributed by atoms with Crippen molar-refractivity contribution in [2.75, 3.05) is 50.5 Å². The van der Waals surface area contributed by atoms with E-state index in [2.05, 4.69) is 25.9 Å². The molecule has 6 heteroatoms. The van der Waals surface area contributed by atoms with Crippen molar-refractivity contribution >= 4 is 11.6 Å². The average molecular weight is 265 g/mol. The van der Waals surface area contributed by atoms with Crippen molar-refractivity contribution in [2.24, 2.45) is 5.92 Å².